The molecule has 0 radical (unpaired) electrons. The van der Waals surface area contributed by atoms with Crippen LogP contribution in [0.4, 0.5) is 4.79 Å². The summed E-state index contributed by atoms with van der Waals surface area (Å²) in [6, 6.07) is 10.0. The van der Waals surface area contributed by atoms with Crippen molar-refractivity contribution in [2.24, 2.45) is 11.3 Å². The Bertz CT molecular complexity index is 646. The van der Waals surface area contributed by atoms with E-state index in [1.165, 1.54) is 0 Å². The zero-order valence-corrected chi connectivity index (χ0v) is 16.7. The molecule has 5 heteroatoms. The first kappa shape index (κ1) is 19.7. The molecule has 1 atom stereocenters. The number of carbonyl (C=O) groups is 2. The number of rotatable bonds is 5. The van der Waals surface area contributed by atoms with Crippen molar-refractivity contribution in [3.8, 4) is 0 Å². The van der Waals surface area contributed by atoms with Crippen molar-refractivity contribution in [3.05, 3.63) is 35.9 Å². The van der Waals surface area contributed by atoms with E-state index in [2.05, 4.69) is 24.1 Å². The number of urea groups is 1. The molecular formula is C22H33N3O2. The van der Waals surface area contributed by atoms with Crippen molar-refractivity contribution in [2.45, 2.75) is 52.5 Å². The zero-order chi connectivity index (χ0) is 19.3. The predicted molar refractivity (Wildman–Crippen MR) is 107 cm³/mol. The highest BCUT2D eigenvalue weighted by Gasteiger charge is 2.42. The molecule has 3 amide bonds. The van der Waals surface area contributed by atoms with Gasteiger partial charge in [-0.25, -0.2) is 4.79 Å². The molecule has 2 heterocycles. The Morgan fingerprint density at radius 3 is 2.70 bits per heavy atom. The highest BCUT2D eigenvalue weighted by atomic mass is 16.2. The highest BCUT2D eigenvalue weighted by molar-refractivity contribution is 5.77. The highest BCUT2D eigenvalue weighted by Crippen LogP contribution is 2.39. The molecule has 27 heavy (non-hydrogen) atoms. The predicted octanol–water partition coefficient (Wildman–Crippen LogP) is 3.65. The Hall–Kier alpha value is -2.04. The van der Waals surface area contributed by atoms with Gasteiger partial charge in [-0.15, -0.1) is 0 Å². The van der Waals surface area contributed by atoms with Crippen molar-refractivity contribution in [2.75, 3.05) is 26.2 Å². The van der Waals surface area contributed by atoms with Crippen LogP contribution in [0.1, 0.15) is 51.5 Å². The largest absolute Gasteiger partial charge is 0.342 e. The van der Waals surface area contributed by atoms with E-state index < -0.39 is 0 Å². The van der Waals surface area contributed by atoms with E-state index in [4.69, 9.17) is 0 Å². The number of piperidine rings is 2. The summed E-state index contributed by atoms with van der Waals surface area (Å²) in [6.45, 7) is 8.18. The van der Waals surface area contributed by atoms with E-state index in [0.717, 1.165) is 57.4 Å². The molecule has 1 spiro atoms. The molecule has 0 bridgehead atoms. The van der Waals surface area contributed by atoms with Crippen LogP contribution in [0.3, 0.4) is 0 Å². The Morgan fingerprint density at radius 1 is 1.19 bits per heavy atom. The first-order chi connectivity index (χ1) is 13.0. The van der Waals surface area contributed by atoms with Crippen LogP contribution >= 0.6 is 0 Å². The second kappa shape index (κ2) is 8.77. The fourth-order valence-corrected chi connectivity index (χ4v) is 4.32. The molecule has 3 rings (SSSR count). The van der Waals surface area contributed by atoms with Crippen molar-refractivity contribution in [1.82, 2.24) is 15.1 Å². The van der Waals surface area contributed by atoms with Gasteiger partial charge in [0.05, 0.1) is 0 Å². The third-order valence-electron chi connectivity index (χ3n) is 5.96. The van der Waals surface area contributed by atoms with Crippen LogP contribution in [0.15, 0.2) is 30.3 Å². The number of likely N-dealkylation sites (tertiary alicyclic amines) is 2. The number of benzene rings is 1. The minimum Gasteiger partial charge on any atom is -0.342 e. The van der Waals surface area contributed by atoms with Gasteiger partial charge in [0.25, 0.3) is 0 Å². The average molecular weight is 372 g/mol. The normalized spacial score (nSPS) is 23.1. The minimum atomic E-state index is 0.0172. The van der Waals surface area contributed by atoms with E-state index in [9.17, 15) is 9.59 Å². The summed E-state index contributed by atoms with van der Waals surface area (Å²) in [6.07, 6.45) is 4.71. The van der Waals surface area contributed by atoms with Gasteiger partial charge in [0.15, 0.2) is 0 Å². The second-order valence-corrected chi connectivity index (χ2v) is 8.67. The summed E-state index contributed by atoms with van der Waals surface area (Å²) >= 11 is 0. The monoisotopic (exact) mass is 371 g/mol. The summed E-state index contributed by atoms with van der Waals surface area (Å²) in [5.41, 5.74) is 1.19. The molecule has 2 fully saturated rings. The Morgan fingerprint density at radius 2 is 1.96 bits per heavy atom. The molecule has 0 saturated carbocycles. The van der Waals surface area contributed by atoms with Gasteiger partial charge in [-0.05, 0) is 37.2 Å². The van der Waals surface area contributed by atoms with Crippen LogP contribution in [-0.4, -0.2) is 47.9 Å². The van der Waals surface area contributed by atoms with E-state index in [1.54, 1.807) is 0 Å². The maximum Gasteiger partial charge on any atom is 0.317 e. The summed E-state index contributed by atoms with van der Waals surface area (Å²) in [5, 5.41) is 3.06. The molecular weight excluding hydrogens is 338 g/mol. The Balaban J connectivity index is 1.57. The van der Waals surface area contributed by atoms with Gasteiger partial charge in [0.2, 0.25) is 5.91 Å². The molecule has 2 saturated heterocycles. The Labute approximate surface area is 163 Å². The summed E-state index contributed by atoms with van der Waals surface area (Å²) in [7, 11) is 0. The Kier molecular flexibility index (Phi) is 6.40. The molecule has 2 aliphatic rings. The van der Waals surface area contributed by atoms with Gasteiger partial charge in [0.1, 0.15) is 0 Å². The van der Waals surface area contributed by atoms with E-state index in [1.807, 2.05) is 35.2 Å². The molecule has 0 unspecified atom stereocenters. The lowest BCUT2D eigenvalue weighted by Gasteiger charge is -2.48. The van der Waals surface area contributed by atoms with Gasteiger partial charge in [0, 0.05) is 44.6 Å². The zero-order valence-electron chi connectivity index (χ0n) is 16.7. The number of carbonyl (C=O) groups excluding carboxylic acids is 2. The topological polar surface area (TPSA) is 52.6 Å². The number of hydrogen-bond donors (Lipinski definition) is 1. The smallest absolute Gasteiger partial charge is 0.317 e. The van der Waals surface area contributed by atoms with Crippen molar-refractivity contribution >= 4 is 11.9 Å². The lowest BCUT2D eigenvalue weighted by atomic mass is 9.73. The number of nitrogens with zero attached hydrogens (tertiary/aromatic N) is 2. The maximum absolute atomic E-state index is 12.7. The van der Waals surface area contributed by atoms with Gasteiger partial charge in [-0.2, -0.15) is 0 Å². The molecule has 2 aliphatic heterocycles. The fraction of sp³-hybridized carbons (Fsp3) is 0.636. The van der Waals surface area contributed by atoms with E-state index in [0.29, 0.717) is 18.9 Å². The number of amides is 3. The van der Waals surface area contributed by atoms with Gasteiger partial charge >= 0.3 is 6.03 Å². The van der Waals surface area contributed by atoms with Gasteiger partial charge in [-0.1, -0.05) is 44.2 Å². The molecule has 1 aromatic rings. The first-order valence-corrected chi connectivity index (χ1v) is 10.3. The van der Waals surface area contributed by atoms with Crippen molar-refractivity contribution in [1.29, 1.82) is 0 Å². The molecule has 0 aromatic heterocycles. The van der Waals surface area contributed by atoms with Gasteiger partial charge < -0.3 is 15.1 Å². The third kappa shape index (κ3) is 5.24. The van der Waals surface area contributed by atoms with Crippen LogP contribution in [0.5, 0.6) is 0 Å². The molecule has 0 aliphatic carbocycles. The molecule has 1 aromatic carbocycles. The maximum atomic E-state index is 12.7. The first-order valence-electron chi connectivity index (χ1n) is 10.3. The van der Waals surface area contributed by atoms with Crippen LogP contribution < -0.4 is 5.32 Å². The second-order valence-electron chi connectivity index (χ2n) is 8.67. The standard InChI is InChI=1S/C22H33N3O2/c1-18(2)10-14-24-16-22(12-9-20(24)26)11-6-13-25(17-22)21(27)23-15-19-7-4-3-5-8-19/h3-5,7-8,18H,6,9-17H2,1-2H3,(H,23,27)/t22-/m1/s1. The van der Waals surface area contributed by atoms with Crippen LogP contribution in [-0.2, 0) is 11.3 Å². The quantitative estimate of drug-likeness (QED) is 0.859. The lowest BCUT2D eigenvalue weighted by Crippen LogP contribution is -2.56. The van der Waals surface area contributed by atoms with Gasteiger partial charge in [-0.3, -0.25) is 4.79 Å². The fourth-order valence-electron chi connectivity index (χ4n) is 4.32. The van der Waals surface area contributed by atoms with Crippen LogP contribution in [0.2, 0.25) is 0 Å². The lowest BCUT2D eigenvalue weighted by molar-refractivity contribution is -0.139. The summed E-state index contributed by atoms with van der Waals surface area (Å²) in [5.74, 6) is 0.884. The van der Waals surface area contributed by atoms with Crippen molar-refractivity contribution < 1.29 is 9.59 Å². The molecule has 1 N–H and O–H groups in total. The van der Waals surface area contributed by atoms with Crippen LogP contribution in [0.25, 0.3) is 0 Å². The number of hydrogen-bond acceptors (Lipinski definition) is 2. The summed E-state index contributed by atoms with van der Waals surface area (Å²) < 4.78 is 0. The summed E-state index contributed by atoms with van der Waals surface area (Å²) in [4.78, 5) is 29.0. The molecule has 148 valence electrons. The number of nitrogens with one attached hydrogen (secondary N) is 1. The van der Waals surface area contributed by atoms with E-state index >= 15 is 0 Å². The molecule has 5 nitrogen and oxygen atoms in total. The minimum absolute atomic E-state index is 0.0172. The van der Waals surface area contributed by atoms with E-state index in [-0.39, 0.29) is 17.4 Å². The van der Waals surface area contributed by atoms with Crippen LogP contribution in [0, 0.1) is 11.3 Å². The third-order valence-corrected chi connectivity index (χ3v) is 5.96. The van der Waals surface area contributed by atoms with Crippen molar-refractivity contribution in [3.63, 3.8) is 0 Å². The SMILES string of the molecule is CC(C)CCN1C[C@@]2(CCCN(C(=O)NCc3ccccc3)C2)CCC1=O. The average Bonchev–Trinajstić information content (AvgIpc) is 2.68.